The second-order valence-electron chi connectivity index (χ2n) is 22.0. The number of aliphatic hydroxyl groups is 3. The molecule has 4 rings (SSSR count). The molecule has 4 aliphatic carbocycles. The minimum atomic E-state index is -5.14. The molecule has 0 radical (unpaired) electrons. The maximum absolute atomic E-state index is 14.5. The van der Waals surface area contributed by atoms with E-state index in [4.69, 9.17) is 23.7 Å². The molecule has 4 saturated carbocycles. The average Bonchev–Trinajstić information content (AvgIpc) is 2.95. The van der Waals surface area contributed by atoms with Crippen LogP contribution in [-0.4, -0.2) is 102 Å². The van der Waals surface area contributed by atoms with Gasteiger partial charge in [0.1, 0.15) is 16.8 Å². The van der Waals surface area contributed by atoms with E-state index in [9.17, 15) is 51.3 Å². The Kier molecular flexibility index (Phi) is 12.4. The molecule has 0 aromatic rings. The highest BCUT2D eigenvalue weighted by molar-refractivity contribution is 5.88. The zero-order chi connectivity index (χ0) is 46.7. The number of ether oxygens (including phenoxy) is 5. The van der Waals surface area contributed by atoms with Gasteiger partial charge in [0.15, 0.2) is 17.8 Å². The Bertz CT molecular complexity index is 1580. The molecular weight excluding hydrogens is 790 g/mol. The molecule has 4 bridgehead atoms. The summed E-state index contributed by atoms with van der Waals surface area (Å²) in [6.45, 7) is 26.2. The molecule has 0 aliphatic heterocycles. The summed E-state index contributed by atoms with van der Waals surface area (Å²) >= 11 is 0. The molecule has 4 aliphatic rings. The molecule has 10 nitrogen and oxygen atoms in total. The lowest BCUT2D eigenvalue weighted by Crippen LogP contribution is -2.78. The van der Waals surface area contributed by atoms with Crippen molar-refractivity contribution in [1.29, 1.82) is 0 Å². The van der Waals surface area contributed by atoms with Crippen LogP contribution in [0, 0.1) is 16.2 Å². The molecule has 344 valence electrons. The second-order valence-corrected chi connectivity index (χ2v) is 22.0. The van der Waals surface area contributed by atoms with Crippen LogP contribution in [0.5, 0.6) is 0 Å². The SMILES string of the molecule is C=C(C)C(=O)OCC(=O)OC12CC3(C(C)(C)OC(C)(C)C(C)(C)O)CC(C(C)(C)OC(C)(C)C(C)(O)C(F)(F)F)(C1)CC(C(C)(C)OC(C)(C)C(C)(O)C(F)(F)F)(C2)C3. The summed E-state index contributed by atoms with van der Waals surface area (Å²) in [5.41, 5.74) is -23.8. The summed E-state index contributed by atoms with van der Waals surface area (Å²) in [5.74, 6) is -1.82. The van der Waals surface area contributed by atoms with Crippen molar-refractivity contribution in [2.24, 2.45) is 16.2 Å². The molecule has 0 amide bonds. The lowest BCUT2D eigenvalue weighted by molar-refractivity contribution is -0.389. The van der Waals surface area contributed by atoms with E-state index < -0.39 is 103 Å². The molecule has 16 heteroatoms. The van der Waals surface area contributed by atoms with Gasteiger partial charge in [0.2, 0.25) is 0 Å². The fraction of sp³-hybridized carbons (Fsp3) is 0.907. The van der Waals surface area contributed by atoms with Gasteiger partial charge in [-0.3, -0.25) is 0 Å². The van der Waals surface area contributed by atoms with Gasteiger partial charge in [-0.05, 0) is 156 Å². The molecule has 3 N–H and O–H groups in total. The summed E-state index contributed by atoms with van der Waals surface area (Å²) < 4.78 is 118. The lowest BCUT2D eigenvalue weighted by atomic mass is 9.31. The van der Waals surface area contributed by atoms with Crippen molar-refractivity contribution in [3.8, 4) is 0 Å². The second kappa shape index (κ2) is 14.3. The van der Waals surface area contributed by atoms with Crippen LogP contribution in [0.1, 0.15) is 156 Å². The van der Waals surface area contributed by atoms with Crippen LogP contribution in [-0.2, 0) is 33.3 Å². The normalized spacial score (nSPS) is 29.5. The summed E-state index contributed by atoms with van der Waals surface area (Å²) in [6.07, 6.45) is -9.84. The van der Waals surface area contributed by atoms with Gasteiger partial charge in [-0.25, -0.2) is 9.59 Å². The van der Waals surface area contributed by atoms with Gasteiger partial charge in [-0.2, -0.15) is 26.3 Å². The highest BCUT2D eigenvalue weighted by Gasteiger charge is 2.79. The van der Waals surface area contributed by atoms with Crippen LogP contribution in [0.4, 0.5) is 26.3 Å². The monoisotopic (exact) mass is 860 g/mol. The number of hydrogen-bond donors (Lipinski definition) is 3. The third-order valence-electron chi connectivity index (χ3n) is 15.3. The van der Waals surface area contributed by atoms with Crippen molar-refractivity contribution in [2.75, 3.05) is 6.61 Å². The van der Waals surface area contributed by atoms with Crippen molar-refractivity contribution >= 4 is 11.9 Å². The van der Waals surface area contributed by atoms with Crippen LogP contribution in [0.15, 0.2) is 12.2 Å². The maximum Gasteiger partial charge on any atom is 0.419 e. The molecule has 59 heavy (non-hydrogen) atoms. The number of alkyl halides is 6. The molecule has 0 aromatic heterocycles. The van der Waals surface area contributed by atoms with E-state index in [2.05, 4.69) is 6.58 Å². The Balaban J connectivity index is 2.46. The molecule has 0 saturated heterocycles. The van der Waals surface area contributed by atoms with Crippen molar-refractivity contribution in [3.63, 3.8) is 0 Å². The number of hydrogen-bond acceptors (Lipinski definition) is 10. The van der Waals surface area contributed by atoms with Crippen LogP contribution < -0.4 is 0 Å². The number of carbonyl (C=O) groups is 2. The first-order valence-corrected chi connectivity index (χ1v) is 20.0. The zero-order valence-electron chi connectivity index (χ0n) is 38.1. The molecular formula is C43H70F6O10. The van der Waals surface area contributed by atoms with Gasteiger partial charge in [0, 0.05) is 21.8 Å². The lowest BCUT2D eigenvalue weighted by Gasteiger charge is -2.77. The molecule has 4 fully saturated rings. The Morgan fingerprint density at radius 1 is 0.542 bits per heavy atom. The molecule has 0 aromatic carbocycles. The Morgan fingerprint density at radius 3 is 1.08 bits per heavy atom. The van der Waals surface area contributed by atoms with Crippen molar-refractivity contribution in [3.05, 3.63) is 12.2 Å². The topological polar surface area (TPSA) is 141 Å². The third-order valence-corrected chi connectivity index (χ3v) is 15.3. The first-order chi connectivity index (χ1) is 25.6. The first-order valence-electron chi connectivity index (χ1n) is 20.0. The summed E-state index contributed by atoms with van der Waals surface area (Å²) in [4.78, 5) is 26.2. The quantitative estimate of drug-likeness (QED) is 0.0784. The van der Waals surface area contributed by atoms with E-state index in [-0.39, 0.29) is 44.1 Å². The van der Waals surface area contributed by atoms with Gasteiger partial charge in [-0.15, -0.1) is 0 Å². The first kappa shape index (κ1) is 51.4. The number of halogens is 6. The predicted molar refractivity (Wildman–Crippen MR) is 207 cm³/mol. The van der Waals surface area contributed by atoms with E-state index >= 15 is 0 Å². The molecule has 4 atom stereocenters. The van der Waals surface area contributed by atoms with Crippen molar-refractivity contribution in [1.82, 2.24) is 0 Å². The molecule has 0 heterocycles. The molecule has 0 spiro atoms. The largest absolute Gasteiger partial charge is 0.456 e. The van der Waals surface area contributed by atoms with Crippen LogP contribution >= 0.6 is 0 Å². The predicted octanol–water partition coefficient (Wildman–Crippen LogP) is 8.85. The van der Waals surface area contributed by atoms with Crippen LogP contribution in [0.25, 0.3) is 0 Å². The number of carbonyl (C=O) groups excluding carboxylic acids is 2. The summed E-state index contributed by atoms with van der Waals surface area (Å²) in [5, 5.41) is 33.3. The standard InChI is InChI=1S/C43H70F6O10/c1-26(2)28(51)55-19-27(50)56-41-23-38(33(11,12)57-30(5,6)29(3,4)52)20-39(24-41,34(13,14)58-31(7,8)36(17,53)42(44,45)46)22-40(21-38,25-41)35(15,16)59-32(9,10)37(18,54)43(47,48)49/h52-54H,1,19-25H2,2-18H3. The Morgan fingerprint density at radius 2 is 0.831 bits per heavy atom. The number of esters is 2. The van der Waals surface area contributed by atoms with Gasteiger partial charge in [0.25, 0.3) is 0 Å². The van der Waals surface area contributed by atoms with Crippen LogP contribution in [0.2, 0.25) is 0 Å². The van der Waals surface area contributed by atoms with Crippen LogP contribution in [0.3, 0.4) is 0 Å². The third kappa shape index (κ3) is 8.58. The van der Waals surface area contributed by atoms with Gasteiger partial charge < -0.3 is 39.0 Å². The summed E-state index contributed by atoms with van der Waals surface area (Å²) in [7, 11) is 0. The number of rotatable bonds is 16. The highest BCUT2D eigenvalue weighted by Crippen LogP contribution is 2.79. The minimum Gasteiger partial charge on any atom is -0.456 e. The average molecular weight is 861 g/mol. The fourth-order valence-electron chi connectivity index (χ4n) is 10.3. The van der Waals surface area contributed by atoms with Gasteiger partial charge >= 0.3 is 24.3 Å². The Labute approximate surface area is 346 Å². The van der Waals surface area contributed by atoms with Gasteiger partial charge in [0.05, 0.1) is 28.0 Å². The summed E-state index contributed by atoms with van der Waals surface area (Å²) in [6, 6.07) is 0. The highest BCUT2D eigenvalue weighted by atomic mass is 19.4. The smallest absolute Gasteiger partial charge is 0.419 e. The molecule has 4 unspecified atom stereocenters. The van der Waals surface area contributed by atoms with E-state index in [1.165, 1.54) is 6.92 Å². The van der Waals surface area contributed by atoms with E-state index in [1.54, 1.807) is 69.2 Å². The fourth-order valence-corrected chi connectivity index (χ4v) is 10.3. The van der Waals surface area contributed by atoms with E-state index in [0.717, 1.165) is 27.7 Å². The van der Waals surface area contributed by atoms with Gasteiger partial charge in [-0.1, -0.05) is 6.58 Å². The zero-order valence-corrected chi connectivity index (χ0v) is 38.1. The maximum atomic E-state index is 14.5. The van der Waals surface area contributed by atoms with Crippen molar-refractivity contribution < 1.29 is 74.9 Å². The van der Waals surface area contributed by atoms with E-state index in [0.29, 0.717) is 13.8 Å². The van der Waals surface area contributed by atoms with Crippen molar-refractivity contribution in [2.45, 2.75) is 225 Å². The van der Waals surface area contributed by atoms with E-state index in [1.807, 2.05) is 0 Å². The minimum absolute atomic E-state index is 0.0188. The Hall–Kier alpha value is -1.98.